The van der Waals surface area contributed by atoms with Crippen LogP contribution in [0.1, 0.15) is 33.5 Å². The minimum atomic E-state index is 0.186. The monoisotopic (exact) mass is 289 g/mol. The molecule has 2 aliphatic rings. The maximum atomic E-state index is 12.5. The van der Waals surface area contributed by atoms with Crippen molar-refractivity contribution in [3.63, 3.8) is 0 Å². The molecule has 0 unspecified atom stereocenters. The molecule has 0 fully saturated rings. The molecule has 110 valence electrons. The number of allylic oxidation sites excluding steroid dienone is 1. The first-order valence-electron chi connectivity index (χ1n) is 7.89. The van der Waals surface area contributed by atoms with Gasteiger partial charge in [0.1, 0.15) is 0 Å². The predicted octanol–water partition coefficient (Wildman–Crippen LogP) is 3.89. The third-order valence-corrected chi connectivity index (χ3v) is 4.73. The van der Waals surface area contributed by atoms with E-state index in [1.54, 1.807) is 0 Å². The SMILES string of the molecule is CN1CCCc2cc(/C=C3\Cc4ccccc4C3=O)ccc21. The summed E-state index contributed by atoms with van der Waals surface area (Å²) in [6.45, 7) is 1.13. The first-order valence-corrected chi connectivity index (χ1v) is 7.89. The van der Waals surface area contributed by atoms with E-state index in [1.165, 1.54) is 17.7 Å². The highest BCUT2D eigenvalue weighted by Gasteiger charge is 2.24. The zero-order valence-corrected chi connectivity index (χ0v) is 12.8. The zero-order chi connectivity index (χ0) is 15.1. The summed E-state index contributed by atoms with van der Waals surface area (Å²) < 4.78 is 0. The normalized spacial score (nSPS) is 18.5. The number of hydrogen-bond acceptors (Lipinski definition) is 2. The Hall–Kier alpha value is -2.35. The van der Waals surface area contributed by atoms with Crippen LogP contribution in [0.4, 0.5) is 5.69 Å². The van der Waals surface area contributed by atoms with Crippen molar-refractivity contribution < 1.29 is 4.79 Å². The van der Waals surface area contributed by atoms with E-state index in [0.29, 0.717) is 0 Å². The van der Waals surface area contributed by atoms with Crippen LogP contribution in [0, 0.1) is 0 Å². The molecule has 0 N–H and O–H groups in total. The van der Waals surface area contributed by atoms with Gasteiger partial charge in [-0.05, 0) is 47.7 Å². The Morgan fingerprint density at radius 3 is 2.82 bits per heavy atom. The lowest BCUT2D eigenvalue weighted by Crippen LogP contribution is -2.24. The summed E-state index contributed by atoms with van der Waals surface area (Å²) in [6, 6.07) is 14.5. The van der Waals surface area contributed by atoms with Crippen molar-refractivity contribution in [3.8, 4) is 0 Å². The van der Waals surface area contributed by atoms with E-state index in [4.69, 9.17) is 0 Å². The maximum absolute atomic E-state index is 12.5. The van der Waals surface area contributed by atoms with Crippen molar-refractivity contribution >= 4 is 17.5 Å². The molecule has 2 aromatic rings. The quantitative estimate of drug-likeness (QED) is 0.742. The summed E-state index contributed by atoms with van der Waals surface area (Å²) in [5.74, 6) is 0.186. The molecule has 0 bridgehead atoms. The van der Waals surface area contributed by atoms with Crippen LogP contribution in [-0.4, -0.2) is 19.4 Å². The molecule has 1 aliphatic carbocycles. The van der Waals surface area contributed by atoms with E-state index in [-0.39, 0.29) is 5.78 Å². The number of fused-ring (bicyclic) bond motifs is 2. The lowest BCUT2D eigenvalue weighted by Gasteiger charge is -2.27. The molecular weight excluding hydrogens is 270 g/mol. The van der Waals surface area contributed by atoms with E-state index in [2.05, 4.69) is 42.3 Å². The molecule has 0 radical (unpaired) electrons. The van der Waals surface area contributed by atoms with Gasteiger partial charge in [0.25, 0.3) is 0 Å². The predicted molar refractivity (Wildman–Crippen MR) is 90.5 cm³/mol. The van der Waals surface area contributed by atoms with Gasteiger partial charge in [-0.15, -0.1) is 0 Å². The first-order chi connectivity index (χ1) is 10.7. The molecule has 0 saturated heterocycles. The van der Waals surface area contributed by atoms with Gasteiger partial charge in [0.2, 0.25) is 0 Å². The summed E-state index contributed by atoms with van der Waals surface area (Å²) in [7, 11) is 2.15. The molecule has 0 aromatic heterocycles. The molecule has 2 aromatic carbocycles. The maximum Gasteiger partial charge on any atom is 0.189 e. The third-order valence-electron chi connectivity index (χ3n) is 4.73. The van der Waals surface area contributed by atoms with Crippen molar-refractivity contribution in [3.05, 3.63) is 70.3 Å². The van der Waals surface area contributed by atoms with Gasteiger partial charge in [-0.2, -0.15) is 0 Å². The van der Waals surface area contributed by atoms with Gasteiger partial charge in [-0.25, -0.2) is 0 Å². The highest BCUT2D eigenvalue weighted by molar-refractivity contribution is 6.15. The van der Waals surface area contributed by atoms with Crippen molar-refractivity contribution in [2.75, 3.05) is 18.5 Å². The number of anilines is 1. The second-order valence-electron chi connectivity index (χ2n) is 6.25. The van der Waals surface area contributed by atoms with E-state index in [9.17, 15) is 4.79 Å². The Balaban J connectivity index is 1.69. The fourth-order valence-corrected chi connectivity index (χ4v) is 3.57. The Morgan fingerprint density at radius 1 is 1.09 bits per heavy atom. The first kappa shape index (κ1) is 13.3. The number of carbonyl (C=O) groups is 1. The molecule has 2 heteroatoms. The lowest BCUT2D eigenvalue weighted by molar-refractivity contribution is 0.104. The van der Waals surface area contributed by atoms with Gasteiger partial charge >= 0.3 is 0 Å². The van der Waals surface area contributed by atoms with Gasteiger partial charge in [-0.3, -0.25) is 4.79 Å². The second-order valence-corrected chi connectivity index (χ2v) is 6.25. The topological polar surface area (TPSA) is 20.3 Å². The average molecular weight is 289 g/mol. The van der Waals surface area contributed by atoms with Gasteiger partial charge in [0, 0.05) is 36.8 Å². The van der Waals surface area contributed by atoms with Crippen molar-refractivity contribution in [1.29, 1.82) is 0 Å². The van der Waals surface area contributed by atoms with Crippen molar-refractivity contribution in [2.45, 2.75) is 19.3 Å². The molecule has 4 rings (SSSR count). The fraction of sp³-hybridized carbons (Fsp3) is 0.250. The summed E-state index contributed by atoms with van der Waals surface area (Å²) in [6.07, 6.45) is 5.15. The molecular formula is C20H19NO. The number of hydrogen-bond donors (Lipinski definition) is 0. The minimum Gasteiger partial charge on any atom is -0.374 e. The summed E-state index contributed by atoms with van der Waals surface area (Å²) >= 11 is 0. The number of carbonyl (C=O) groups excluding carboxylic acids is 1. The van der Waals surface area contributed by atoms with Gasteiger partial charge in [0.15, 0.2) is 5.78 Å². The number of Topliss-reactive ketones (excluding diaryl/α,β-unsaturated/α-hetero) is 1. The number of ketones is 1. The van der Waals surface area contributed by atoms with Crippen LogP contribution in [0.15, 0.2) is 48.0 Å². The number of benzene rings is 2. The van der Waals surface area contributed by atoms with Crippen LogP contribution in [0.3, 0.4) is 0 Å². The van der Waals surface area contributed by atoms with E-state index < -0.39 is 0 Å². The summed E-state index contributed by atoms with van der Waals surface area (Å²) in [5.41, 5.74) is 6.79. The number of nitrogens with zero attached hydrogens (tertiary/aromatic N) is 1. The van der Waals surface area contributed by atoms with Crippen LogP contribution in [0.5, 0.6) is 0 Å². The third kappa shape index (κ3) is 2.16. The van der Waals surface area contributed by atoms with E-state index in [0.717, 1.165) is 41.6 Å². The number of rotatable bonds is 1. The molecule has 0 saturated carbocycles. The molecule has 22 heavy (non-hydrogen) atoms. The Labute approximate surface area is 131 Å². The Morgan fingerprint density at radius 2 is 1.95 bits per heavy atom. The lowest BCUT2D eigenvalue weighted by atomic mass is 9.98. The average Bonchev–Trinajstić information content (AvgIpc) is 2.84. The van der Waals surface area contributed by atoms with Crippen LogP contribution >= 0.6 is 0 Å². The van der Waals surface area contributed by atoms with Crippen molar-refractivity contribution in [1.82, 2.24) is 0 Å². The summed E-state index contributed by atoms with van der Waals surface area (Å²) in [5, 5.41) is 0. The van der Waals surface area contributed by atoms with Gasteiger partial charge in [0.05, 0.1) is 0 Å². The zero-order valence-electron chi connectivity index (χ0n) is 12.8. The highest BCUT2D eigenvalue weighted by Crippen LogP contribution is 2.30. The molecule has 0 atom stereocenters. The van der Waals surface area contributed by atoms with Crippen LogP contribution in [0.25, 0.3) is 6.08 Å². The van der Waals surface area contributed by atoms with Crippen LogP contribution in [-0.2, 0) is 12.8 Å². The Kier molecular flexibility index (Phi) is 3.11. The van der Waals surface area contributed by atoms with Gasteiger partial charge in [-0.1, -0.05) is 30.3 Å². The van der Waals surface area contributed by atoms with Gasteiger partial charge < -0.3 is 4.90 Å². The smallest absolute Gasteiger partial charge is 0.189 e. The fourth-order valence-electron chi connectivity index (χ4n) is 3.57. The van der Waals surface area contributed by atoms with E-state index in [1.807, 2.05) is 18.2 Å². The summed E-state index contributed by atoms with van der Waals surface area (Å²) in [4.78, 5) is 14.8. The second kappa shape index (κ2) is 5.13. The number of aryl methyl sites for hydroxylation is 1. The van der Waals surface area contributed by atoms with Crippen LogP contribution < -0.4 is 4.90 Å². The van der Waals surface area contributed by atoms with E-state index >= 15 is 0 Å². The molecule has 1 heterocycles. The molecule has 0 spiro atoms. The molecule has 2 nitrogen and oxygen atoms in total. The standard InChI is InChI=1S/C20H19NO/c1-21-10-4-6-16-11-14(8-9-19(16)21)12-17-13-15-5-2-3-7-18(15)20(17)22/h2-3,5,7-9,11-12H,4,6,10,13H2,1H3/b17-12+. The van der Waals surface area contributed by atoms with Crippen molar-refractivity contribution in [2.24, 2.45) is 0 Å². The Bertz CT molecular complexity index is 788. The largest absolute Gasteiger partial charge is 0.374 e. The highest BCUT2D eigenvalue weighted by atomic mass is 16.1. The van der Waals surface area contributed by atoms with Crippen LogP contribution in [0.2, 0.25) is 0 Å². The minimum absolute atomic E-state index is 0.186. The molecule has 1 aliphatic heterocycles. The molecule has 0 amide bonds.